The third-order valence-corrected chi connectivity index (χ3v) is 7.42. The molecule has 0 bridgehead atoms. The van der Waals surface area contributed by atoms with Crippen molar-refractivity contribution in [2.75, 3.05) is 19.8 Å². The van der Waals surface area contributed by atoms with Crippen molar-refractivity contribution in [3.63, 3.8) is 0 Å². The molecule has 0 amide bonds. The fraction of sp³-hybridized carbons (Fsp3) is 0.941. The highest BCUT2D eigenvalue weighted by molar-refractivity contribution is 6.60. The molecular weight excluding hydrogens is 296 g/mol. The summed E-state index contributed by atoms with van der Waals surface area (Å²) >= 11 is 0. The monoisotopic (exact) mass is 330 g/mol. The Morgan fingerprint density at radius 1 is 0.955 bits per heavy atom. The molecule has 0 atom stereocenters. The van der Waals surface area contributed by atoms with Crippen LogP contribution in [0.5, 0.6) is 0 Å². The Kier molecular flexibility index (Phi) is 10.2. The number of hydrogen-bond donors (Lipinski definition) is 0. The lowest BCUT2D eigenvalue weighted by atomic mass is 9.98. The van der Waals surface area contributed by atoms with Crippen LogP contribution in [-0.4, -0.2) is 34.4 Å². The van der Waals surface area contributed by atoms with Gasteiger partial charge < -0.3 is 13.3 Å². The number of Topliss-reactive ketones (excluding diaryl/α,β-unsaturated/α-hetero) is 1. The molecule has 4 nitrogen and oxygen atoms in total. The standard InChI is InChI=1S/C17H34O4Si/c1-4-19-22(20-5-2,21-6-3)14-10-9-13-17(18)15-16-11-7-8-12-16/h16H,4-15H2,1-3H3. The van der Waals surface area contributed by atoms with E-state index >= 15 is 0 Å². The Morgan fingerprint density at radius 2 is 1.50 bits per heavy atom. The van der Waals surface area contributed by atoms with Crippen molar-refractivity contribution in [2.24, 2.45) is 5.92 Å². The van der Waals surface area contributed by atoms with Gasteiger partial charge in [-0.1, -0.05) is 25.7 Å². The van der Waals surface area contributed by atoms with Crippen molar-refractivity contribution in [3.8, 4) is 0 Å². The molecule has 0 aromatic rings. The first kappa shape index (κ1) is 19.8. The van der Waals surface area contributed by atoms with Gasteiger partial charge in [0.05, 0.1) is 0 Å². The number of rotatable bonds is 13. The first-order chi connectivity index (χ1) is 10.7. The predicted molar refractivity (Wildman–Crippen MR) is 90.9 cm³/mol. The molecule has 0 heterocycles. The van der Waals surface area contributed by atoms with Gasteiger partial charge in [0, 0.05) is 38.7 Å². The predicted octanol–water partition coefficient (Wildman–Crippen LogP) is 4.35. The maximum Gasteiger partial charge on any atom is 0.500 e. The maximum absolute atomic E-state index is 12.0. The van der Waals surface area contributed by atoms with Crippen LogP contribution in [0.3, 0.4) is 0 Å². The number of hydrogen-bond acceptors (Lipinski definition) is 4. The normalized spacial score (nSPS) is 16.3. The Bertz CT molecular complexity index is 286. The topological polar surface area (TPSA) is 44.8 Å². The third kappa shape index (κ3) is 7.35. The number of unbranched alkanes of at least 4 members (excludes halogenated alkanes) is 1. The zero-order chi connectivity index (χ0) is 16.3. The summed E-state index contributed by atoms with van der Waals surface area (Å²) in [5, 5.41) is 0. The van der Waals surface area contributed by atoms with Gasteiger partial charge in [-0.3, -0.25) is 4.79 Å². The molecule has 0 radical (unpaired) electrons. The van der Waals surface area contributed by atoms with Gasteiger partial charge in [0.15, 0.2) is 0 Å². The van der Waals surface area contributed by atoms with Crippen LogP contribution in [-0.2, 0) is 18.1 Å². The molecule has 1 saturated carbocycles. The van der Waals surface area contributed by atoms with Crippen molar-refractivity contribution in [2.45, 2.75) is 78.2 Å². The lowest BCUT2D eigenvalue weighted by Gasteiger charge is -2.28. The maximum atomic E-state index is 12.0. The van der Waals surface area contributed by atoms with Gasteiger partial charge in [-0.25, -0.2) is 0 Å². The van der Waals surface area contributed by atoms with Crippen LogP contribution >= 0.6 is 0 Å². The highest BCUT2D eigenvalue weighted by Gasteiger charge is 2.39. The van der Waals surface area contributed by atoms with Crippen molar-refractivity contribution in [3.05, 3.63) is 0 Å². The van der Waals surface area contributed by atoms with Gasteiger partial charge >= 0.3 is 8.80 Å². The largest absolute Gasteiger partial charge is 0.500 e. The van der Waals surface area contributed by atoms with Crippen LogP contribution < -0.4 is 0 Å². The van der Waals surface area contributed by atoms with Crippen LogP contribution in [0.15, 0.2) is 0 Å². The van der Waals surface area contributed by atoms with Crippen LogP contribution in [0.4, 0.5) is 0 Å². The smallest absolute Gasteiger partial charge is 0.374 e. The first-order valence-corrected chi connectivity index (χ1v) is 11.0. The molecule has 0 N–H and O–H groups in total. The molecule has 0 aromatic carbocycles. The van der Waals surface area contributed by atoms with Crippen LogP contribution in [0.25, 0.3) is 0 Å². The molecular formula is C17H34O4Si. The van der Waals surface area contributed by atoms with E-state index in [1.807, 2.05) is 20.8 Å². The summed E-state index contributed by atoms with van der Waals surface area (Å²) in [7, 11) is -2.51. The van der Waals surface area contributed by atoms with E-state index in [2.05, 4.69) is 0 Å². The summed E-state index contributed by atoms with van der Waals surface area (Å²) in [4.78, 5) is 12.0. The van der Waals surface area contributed by atoms with Crippen molar-refractivity contribution in [1.29, 1.82) is 0 Å². The van der Waals surface area contributed by atoms with E-state index in [4.69, 9.17) is 13.3 Å². The molecule has 0 spiro atoms. The van der Waals surface area contributed by atoms with E-state index in [0.29, 0.717) is 37.9 Å². The fourth-order valence-corrected chi connectivity index (χ4v) is 5.99. The van der Waals surface area contributed by atoms with Gasteiger partial charge in [-0.15, -0.1) is 0 Å². The first-order valence-electron chi connectivity index (χ1n) is 9.09. The van der Waals surface area contributed by atoms with Gasteiger partial charge in [-0.2, -0.15) is 0 Å². The van der Waals surface area contributed by atoms with Crippen LogP contribution in [0, 0.1) is 5.92 Å². The Balaban J connectivity index is 2.27. The summed E-state index contributed by atoms with van der Waals surface area (Å²) < 4.78 is 17.5. The zero-order valence-electron chi connectivity index (χ0n) is 14.7. The van der Waals surface area contributed by atoms with Crippen molar-refractivity contribution >= 4 is 14.6 Å². The Labute approximate surface area is 137 Å². The van der Waals surface area contributed by atoms with E-state index in [9.17, 15) is 4.79 Å². The fourth-order valence-electron chi connectivity index (χ4n) is 3.30. The number of ketones is 1. The quantitative estimate of drug-likeness (QED) is 0.372. The Hall–Kier alpha value is -0.233. The number of carbonyl (C=O) groups excluding carboxylic acids is 1. The lowest BCUT2D eigenvalue weighted by Crippen LogP contribution is -2.45. The van der Waals surface area contributed by atoms with Crippen LogP contribution in [0.2, 0.25) is 6.04 Å². The van der Waals surface area contributed by atoms with Gasteiger partial charge in [-0.05, 0) is 39.5 Å². The second-order valence-corrected chi connectivity index (χ2v) is 8.81. The molecule has 1 fully saturated rings. The molecule has 0 aliphatic heterocycles. The molecule has 130 valence electrons. The molecule has 0 unspecified atom stereocenters. The SMILES string of the molecule is CCO[Si](CCCCC(=O)CC1CCCC1)(OCC)OCC. The van der Waals surface area contributed by atoms with Crippen LogP contribution in [0.1, 0.15) is 72.1 Å². The highest BCUT2D eigenvalue weighted by atomic mass is 28.4. The summed E-state index contributed by atoms with van der Waals surface area (Å²) in [6.07, 6.45) is 8.49. The van der Waals surface area contributed by atoms with Gasteiger partial charge in [0.1, 0.15) is 5.78 Å². The second kappa shape index (κ2) is 11.3. The summed E-state index contributed by atoms with van der Waals surface area (Å²) in [5.74, 6) is 1.10. The minimum Gasteiger partial charge on any atom is -0.374 e. The molecule has 5 heteroatoms. The van der Waals surface area contributed by atoms with E-state index in [0.717, 1.165) is 25.3 Å². The van der Waals surface area contributed by atoms with E-state index in [1.54, 1.807) is 0 Å². The van der Waals surface area contributed by atoms with Gasteiger partial charge in [0.25, 0.3) is 0 Å². The molecule has 0 saturated heterocycles. The summed E-state index contributed by atoms with van der Waals surface area (Å²) in [5.41, 5.74) is 0. The molecule has 1 rings (SSSR count). The van der Waals surface area contributed by atoms with E-state index in [1.165, 1.54) is 25.7 Å². The average Bonchev–Trinajstić information content (AvgIpc) is 2.97. The van der Waals surface area contributed by atoms with E-state index in [-0.39, 0.29) is 0 Å². The molecule has 22 heavy (non-hydrogen) atoms. The van der Waals surface area contributed by atoms with Crippen molar-refractivity contribution in [1.82, 2.24) is 0 Å². The minimum absolute atomic E-state index is 0.434. The lowest BCUT2D eigenvalue weighted by molar-refractivity contribution is -0.120. The summed E-state index contributed by atoms with van der Waals surface area (Å²) in [6.45, 7) is 7.78. The highest BCUT2D eigenvalue weighted by Crippen LogP contribution is 2.28. The molecule has 0 aromatic heterocycles. The minimum atomic E-state index is -2.51. The Morgan fingerprint density at radius 3 is 2.00 bits per heavy atom. The average molecular weight is 331 g/mol. The molecule has 1 aliphatic rings. The molecule has 1 aliphatic carbocycles. The number of carbonyl (C=O) groups is 1. The van der Waals surface area contributed by atoms with Gasteiger partial charge in [0.2, 0.25) is 0 Å². The summed E-state index contributed by atoms with van der Waals surface area (Å²) in [6, 6.07) is 0.819. The van der Waals surface area contributed by atoms with E-state index < -0.39 is 8.80 Å². The second-order valence-electron chi connectivity index (χ2n) is 6.08. The third-order valence-electron chi connectivity index (χ3n) is 4.27. The van der Waals surface area contributed by atoms with Crippen molar-refractivity contribution < 1.29 is 18.1 Å². The zero-order valence-corrected chi connectivity index (χ0v) is 15.7.